The van der Waals surface area contributed by atoms with Crippen LogP contribution in [0.2, 0.25) is 0 Å². The third-order valence-corrected chi connectivity index (χ3v) is 6.93. The van der Waals surface area contributed by atoms with E-state index in [1.165, 1.54) is 6.07 Å². The molecule has 1 aliphatic heterocycles. The van der Waals surface area contributed by atoms with Gasteiger partial charge in [0.05, 0.1) is 30.9 Å². The number of pyridine rings is 2. The molecule has 2 aromatic heterocycles. The van der Waals surface area contributed by atoms with Crippen LogP contribution in [-0.4, -0.2) is 57.5 Å². The van der Waals surface area contributed by atoms with Gasteiger partial charge in [0, 0.05) is 18.3 Å². The quantitative estimate of drug-likeness (QED) is 0.530. The van der Waals surface area contributed by atoms with Crippen molar-refractivity contribution in [1.82, 2.24) is 14.9 Å². The van der Waals surface area contributed by atoms with Crippen molar-refractivity contribution in [2.24, 2.45) is 5.92 Å². The van der Waals surface area contributed by atoms with Crippen LogP contribution in [0.15, 0.2) is 46.9 Å². The summed E-state index contributed by atoms with van der Waals surface area (Å²) < 4.78 is 83.6. The first-order valence-electron chi connectivity index (χ1n) is 12.1. The zero-order valence-corrected chi connectivity index (χ0v) is 20.1. The molecule has 3 aliphatic rings. The van der Waals surface area contributed by atoms with E-state index in [9.17, 15) is 45.8 Å². The number of carbonyl (C=O) groups excluding carboxylic acids is 2. The van der Waals surface area contributed by atoms with Gasteiger partial charge >= 0.3 is 6.18 Å². The van der Waals surface area contributed by atoms with Gasteiger partial charge in [-0.3, -0.25) is 19.3 Å². The molecular weight excluding hydrogens is 534 g/mol. The molecule has 3 heterocycles. The lowest BCUT2D eigenvalue weighted by Gasteiger charge is -2.26. The van der Waals surface area contributed by atoms with Crippen LogP contribution in [0.1, 0.15) is 42.1 Å². The Balaban J connectivity index is 1.62. The molecule has 2 aliphatic carbocycles. The van der Waals surface area contributed by atoms with Crippen molar-refractivity contribution in [1.29, 1.82) is 0 Å². The number of nitrogens with zero attached hydrogens (tertiary/aromatic N) is 3. The van der Waals surface area contributed by atoms with E-state index in [1.54, 1.807) is 0 Å². The fraction of sp³-hybridized carbons (Fsp3) is 0.440. The monoisotopic (exact) mass is 556 g/mol. The Kier molecular flexibility index (Phi) is 6.77. The molecule has 0 spiro atoms. The number of fused-ring (bicyclic) bond motifs is 1. The number of aromatic nitrogens is 2. The maximum atomic E-state index is 15.0. The van der Waals surface area contributed by atoms with Gasteiger partial charge in [-0.15, -0.1) is 0 Å². The molecule has 0 radical (unpaired) electrons. The smallest absolute Gasteiger partial charge is 0.391 e. The molecular formula is C25H22F6N4O4. The summed E-state index contributed by atoms with van der Waals surface area (Å²) in [4.78, 5) is 44.0. The number of hydrogen-bond donors (Lipinski definition) is 2. The maximum Gasteiger partial charge on any atom is 0.391 e. The first-order valence-corrected chi connectivity index (χ1v) is 12.1. The molecule has 5 rings (SSSR count). The van der Waals surface area contributed by atoms with Crippen molar-refractivity contribution in [3.05, 3.63) is 57.9 Å². The molecule has 8 nitrogen and oxygen atoms in total. The summed E-state index contributed by atoms with van der Waals surface area (Å²) in [6.07, 6.45) is -6.79. The summed E-state index contributed by atoms with van der Waals surface area (Å²) >= 11 is 0. The summed E-state index contributed by atoms with van der Waals surface area (Å²) in [5.74, 6) is -4.64. The molecule has 0 bridgehead atoms. The van der Waals surface area contributed by atoms with Gasteiger partial charge in [0.25, 0.3) is 5.91 Å². The average molecular weight is 556 g/mol. The number of nitrogens with one attached hydrogen (secondary N) is 1. The second kappa shape index (κ2) is 9.81. The van der Waals surface area contributed by atoms with E-state index >= 15 is 0 Å². The molecule has 2 N–H and O–H groups in total. The summed E-state index contributed by atoms with van der Waals surface area (Å²) in [5, 5.41) is 11.7. The zero-order chi connectivity index (χ0) is 28.2. The van der Waals surface area contributed by atoms with Crippen LogP contribution < -0.4 is 15.6 Å². The molecule has 0 aromatic carbocycles. The van der Waals surface area contributed by atoms with E-state index in [2.05, 4.69) is 10.3 Å². The van der Waals surface area contributed by atoms with Gasteiger partial charge in [0.15, 0.2) is 0 Å². The van der Waals surface area contributed by atoms with Crippen molar-refractivity contribution < 1.29 is 41.0 Å². The number of allylic oxidation sites excluding steroid dienone is 4. The van der Waals surface area contributed by atoms with Crippen molar-refractivity contribution in [3.8, 4) is 0 Å². The van der Waals surface area contributed by atoms with Crippen molar-refractivity contribution in [2.45, 2.75) is 56.2 Å². The topological polar surface area (TPSA) is 105 Å². The van der Waals surface area contributed by atoms with Crippen LogP contribution in [0, 0.1) is 5.92 Å². The highest BCUT2D eigenvalue weighted by molar-refractivity contribution is 5.98. The second-order valence-electron chi connectivity index (χ2n) is 9.89. The molecule has 39 heavy (non-hydrogen) atoms. The number of carbonyl (C=O) groups is 2. The second-order valence-corrected chi connectivity index (χ2v) is 9.89. The number of alkyl halides is 4. The lowest BCUT2D eigenvalue weighted by atomic mass is 10.0. The van der Waals surface area contributed by atoms with E-state index in [-0.39, 0.29) is 29.8 Å². The van der Waals surface area contributed by atoms with Crippen molar-refractivity contribution in [3.63, 3.8) is 0 Å². The van der Waals surface area contributed by atoms with Gasteiger partial charge in [-0.25, -0.2) is 18.2 Å². The molecule has 1 saturated carbocycles. The number of aliphatic hydroxyl groups excluding tert-OH is 1. The predicted molar refractivity (Wildman–Crippen MR) is 126 cm³/mol. The summed E-state index contributed by atoms with van der Waals surface area (Å²) in [6, 6.07) is -0.808. The molecule has 208 valence electrons. The minimum Gasteiger partial charge on any atom is -0.391 e. The van der Waals surface area contributed by atoms with Gasteiger partial charge in [0.2, 0.25) is 11.3 Å². The average Bonchev–Trinajstić information content (AvgIpc) is 3.62. The fourth-order valence-corrected chi connectivity index (χ4v) is 4.93. The third-order valence-electron chi connectivity index (χ3n) is 6.93. The summed E-state index contributed by atoms with van der Waals surface area (Å²) in [6.45, 7) is -0.124. The molecule has 4 atom stereocenters. The number of hydrogen-bond acceptors (Lipinski definition) is 5. The minimum absolute atomic E-state index is 0.0503. The molecule has 14 heteroatoms. The van der Waals surface area contributed by atoms with Crippen LogP contribution in [0.4, 0.5) is 32.2 Å². The lowest BCUT2D eigenvalue weighted by Crippen LogP contribution is -2.41. The van der Waals surface area contributed by atoms with Crippen LogP contribution in [0.25, 0.3) is 11.0 Å². The third kappa shape index (κ3) is 5.42. The number of rotatable bonds is 6. The number of halogens is 6. The van der Waals surface area contributed by atoms with Gasteiger partial charge in [0.1, 0.15) is 40.9 Å². The first kappa shape index (κ1) is 26.9. The van der Waals surface area contributed by atoms with Crippen molar-refractivity contribution >= 4 is 28.7 Å². The van der Waals surface area contributed by atoms with Gasteiger partial charge in [-0.2, -0.15) is 13.2 Å². The highest BCUT2D eigenvalue weighted by Gasteiger charge is 2.41. The van der Waals surface area contributed by atoms with E-state index in [0.29, 0.717) is 25.0 Å². The van der Waals surface area contributed by atoms with Gasteiger partial charge < -0.3 is 15.0 Å². The van der Waals surface area contributed by atoms with E-state index < -0.39 is 77.3 Å². The predicted octanol–water partition coefficient (Wildman–Crippen LogP) is 3.55. The van der Waals surface area contributed by atoms with Crippen LogP contribution in [-0.2, 0) is 4.79 Å². The number of aliphatic hydroxyl groups is 1. The highest BCUT2D eigenvalue weighted by Crippen LogP contribution is 2.38. The van der Waals surface area contributed by atoms with E-state index in [1.807, 2.05) is 0 Å². The molecule has 2 aromatic rings. The SMILES string of the molecule is O=C(NC(CC(F)(F)F)C1CC1)c1cn(C2C(F)=CC(F)=CC2F)c2nc(N3C[C@@H](O)CC3=O)ccc2c1=O. The zero-order valence-electron chi connectivity index (χ0n) is 20.1. The van der Waals surface area contributed by atoms with E-state index in [4.69, 9.17) is 0 Å². The standard InChI is InChI=1S/C25H22F6N4O4/c26-12-5-16(27)21(17(28)6-12)35-10-15(24(39)32-18(11-1-2-11)8-25(29,30)31)22(38)14-3-4-19(33-23(14)35)34-9-13(36)7-20(34)37/h3-6,10-11,13,16,18,21,36H,1-2,7-9H2,(H,32,39)/t13-,16?,18?,21?/m0/s1. The van der Waals surface area contributed by atoms with Crippen LogP contribution in [0.3, 0.4) is 0 Å². The normalized spacial score (nSPS) is 24.5. The first-order chi connectivity index (χ1) is 18.3. The highest BCUT2D eigenvalue weighted by atomic mass is 19.4. The maximum absolute atomic E-state index is 15.0. The summed E-state index contributed by atoms with van der Waals surface area (Å²) in [5.41, 5.74) is -2.01. The fourth-order valence-electron chi connectivity index (χ4n) is 4.93. The molecule has 3 unspecified atom stereocenters. The molecule has 1 saturated heterocycles. The van der Waals surface area contributed by atoms with E-state index in [0.717, 1.165) is 21.7 Å². The Bertz CT molecular complexity index is 1460. The number of amides is 2. The number of β-amino-alcohol motifs (C(OH)–C–C–N with tert-alkyl or cyclic N) is 1. The van der Waals surface area contributed by atoms with Crippen LogP contribution in [0.5, 0.6) is 0 Å². The largest absolute Gasteiger partial charge is 0.391 e. The lowest BCUT2D eigenvalue weighted by molar-refractivity contribution is -0.140. The Morgan fingerprint density at radius 3 is 2.51 bits per heavy atom. The van der Waals surface area contributed by atoms with Gasteiger partial charge in [-0.05, 0) is 37.0 Å². The minimum atomic E-state index is -4.58. The summed E-state index contributed by atoms with van der Waals surface area (Å²) in [7, 11) is 0. The number of anilines is 1. The molecule has 2 amide bonds. The Morgan fingerprint density at radius 2 is 1.92 bits per heavy atom. The molecule has 2 fully saturated rings. The van der Waals surface area contributed by atoms with Crippen molar-refractivity contribution in [2.75, 3.05) is 11.4 Å². The Hall–Kier alpha value is -3.68. The Morgan fingerprint density at radius 1 is 1.21 bits per heavy atom. The van der Waals surface area contributed by atoms with Gasteiger partial charge in [-0.1, -0.05) is 0 Å². The van der Waals surface area contributed by atoms with Crippen LogP contribution >= 0.6 is 0 Å². The Labute approximate surface area is 216 Å².